The molecule has 126 valence electrons. The van der Waals surface area contributed by atoms with Crippen molar-refractivity contribution >= 4 is 5.91 Å². The molecule has 2 fully saturated rings. The van der Waals surface area contributed by atoms with E-state index in [0.29, 0.717) is 18.9 Å². The predicted octanol–water partition coefficient (Wildman–Crippen LogP) is 3.29. The number of nitrogens with zero attached hydrogens (tertiary/aromatic N) is 2. The third kappa shape index (κ3) is 4.31. The van der Waals surface area contributed by atoms with Gasteiger partial charge in [-0.3, -0.25) is 4.79 Å². The minimum atomic E-state index is -0.230. The molecule has 0 unspecified atom stereocenters. The number of halogens is 1. The number of amides is 1. The molecule has 1 aromatic rings. The van der Waals surface area contributed by atoms with Gasteiger partial charge in [0, 0.05) is 38.6 Å². The topological polar surface area (TPSA) is 23.6 Å². The quantitative estimate of drug-likeness (QED) is 0.832. The predicted molar refractivity (Wildman–Crippen MR) is 89.4 cm³/mol. The fourth-order valence-electron chi connectivity index (χ4n) is 3.43. The summed E-state index contributed by atoms with van der Waals surface area (Å²) < 4.78 is 13.1. The lowest BCUT2D eigenvalue weighted by Gasteiger charge is -2.35. The average molecular weight is 318 g/mol. The summed E-state index contributed by atoms with van der Waals surface area (Å²) in [5.41, 5.74) is 1.00. The Kier molecular flexibility index (Phi) is 5.00. The zero-order chi connectivity index (χ0) is 16.4. The Morgan fingerprint density at radius 2 is 1.91 bits per heavy atom. The smallest absolute Gasteiger partial charge is 0.224 e. The summed E-state index contributed by atoms with van der Waals surface area (Å²) >= 11 is 0. The minimum Gasteiger partial charge on any atom is -0.334 e. The van der Waals surface area contributed by atoms with Crippen molar-refractivity contribution < 1.29 is 9.18 Å². The van der Waals surface area contributed by atoms with E-state index in [-0.39, 0.29) is 17.8 Å². The summed E-state index contributed by atoms with van der Waals surface area (Å²) in [7, 11) is 0. The minimum absolute atomic E-state index is 0.228. The first kappa shape index (κ1) is 16.4. The van der Waals surface area contributed by atoms with E-state index in [1.165, 1.54) is 25.0 Å². The van der Waals surface area contributed by atoms with Gasteiger partial charge in [-0.05, 0) is 42.4 Å². The lowest BCUT2D eigenvalue weighted by Crippen LogP contribution is -2.46. The first-order valence-electron chi connectivity index (χ1n) is 8.79. The molecule has 1 aliphatic heterocycles. The zero-order valence-corrected chi connectivity index (χ0v) is 14.2. The van der Waals surface area contributed by atoms with Crippen LogP contribution >= 0.6 is 0 Å². The van der Waals surface area contributed by atoms with Crippen LogP contribution in [0.25, 0.3) is 0 Å². The van der Waals surface area contributed by atoms with E-state index >= 15 is 0 Å². The van der Waals surface area contributed by atoms with E-state index in [9.17, 15) is 9.18 Å². The number of hydrogen-bond acceptors (Lipinski definition) is 2. The molecule has 1 atom stereocenters. The normalized spacial score (nSPS) is 23.4. The number of carbonyl (C=O) groups is 1. The monoisotopic (exact) mass is 318 g/mol. The molecule has 0 spiro atoms. The van der Waals surface area contributed by atoms with Crippen molar-refractivity contribution in [3.63, 3.8) is 0 Å². The van der Waals surface area contributed by atoms with Crippen molar-refractivity contribution in [3.8, 4) is 0 Å². The van der Waals surface area contributed by atoms with Crippen molar-refractivity contribution in [2.45, 2.75) is 45.7 Å². The van der Waals surface area contributed by atoms with Crippen LogP contribution in [0.2, 0.25) is 0 Å². The summed E-state index contributed by atoms with van der Waals surface area (Å²) in [4.78, 5) is 17.2. The first-order chi connectivity index (χ1) is 11.0. The van der Waals surface area contributed by atoms with Gasteiger partial charge < -0.3 is 9.80 Å². The molecule has 1 saturated heterocycles. The Morgan fingerprint density at radius 1 is 1.22 bits per heavy atom. The molecule has 1 saturated carbocycles. The van der Waals surface area contributed by atoms with Gasteiger partial charge in [0.25, 0.3) is 0 Å². The summed E-state index contributed by atoms with van der Waals surface area (Å²) in [5, 5.41) is 0. The van der Waals surface area contributed by atoms with Gasteiger partial charge in [-0.2, -0.15) is 0 Å². The van der Waals surface area contributed by atoms with Gasteiger partial charge >= 0.3 is 0 Å². The SMILES string of the molecule is CC(C)[C@@H]1CN(CC2CC2)CCC(=O)N1Cc1ccc(F)cc1. The van der Waals surface area contributed by atoms with Crippen molar-refractivity contribution in [2.75, 3.05) is 19.6 Å². The van der Waals surface area contributed by atoms with Crippen molar-refractivity contribution in [1.82, 2.24) is 9.80 Å². The van der Waals surface area contributed by atoms with Gasteiger partial charge in [-0.25, -0.2) is 4.39 Å². The lowest BCUT2D eigenvalue weighted by molar-refractivity contribution is -0.134. The number of rotatable bonds is 5. The second kappa shape index (κ2) is 7.00. The number of carbonyl (C=O) groups excluding carboxylic acids is 1. The fourth-order valence-corrected chi connectivity index (χ4v) is 3.43. The molecule has 0 aromatic heterocycles. The molecular formula is C19H27FN2O. The standard InChI is InChI=1S/C19H27FN2O/c1-14(2)18-13-21(11-15-3-4-15)10-9-19(23)22(18)12-16-5-7-17(20)8-6-16/h5-8,14-15,18H,3-4,9-13H2,1-2H3/t18-/m0/s1. The van der Waals surface area contributed by atoms with Crippen LogP contribution in [0.5, 0.6) is 0 Å². The van der Waals surface area contributed by atoms with Gasteiger partial charge in [-0.1, -0.05) is 26.0 Å². The first-order valence-corrected chi connectivity index (χ1v) is 8.79. The molecule has 1 amide bonds. The van der Waals surface area contributed by atoms with Gasteiger partial charge in [0.15, 0.2) is 0 Å². The van der Waals surface area contributed by atoms with E-state index < -0.39 is 0 Å². The van der Waals surface area contributed by atoms with Crippen LogP contribution in [0.15, 0.2) is 24.3 Å². The highest BCUT2D eigenvalue weighted by Gasteiger charge is 2.33. The summed E-state index contributed by atoms with van der Waals surface area (Å²) in [6.45, 7) is 7.94. The summed E-state index contributed by atoms with van der Waals surface area (Å²) in [6.07, 6.45) is 3.28. The molecule has 0 bridgehead atoms. The average Bonchev–Trinajstić information content (AvgIpc) is 3.33. The molecule has 0 N–H and O–H groups in total. The van der Waals surface area contributed by atoms with E-state index in [4.69, 9.17) is 0 Å². The van der Waals surface area contributed by atoms with Crippen LogP contribution < -0.4 is 0 Å². The van der Waals surface area contributed by atoms with Crippen LogP contribution in [-0.4, -0.2) is 41.4 Å². The van der Waals surface area contributed by atoms with E-state index in [2.05, 4.69) is 18.7 Å². The molecule has 3 nitrogen and oxygen atoms in total. The van der Waals surface area contributed by atoms with E-state index in [0.717, 1.165) is 31.1 Å². The van der Waals surface area contributed by atoms with Crippen LogP contribution in [0.4, 0.5) is 4.39 Å². The molecule has 2 aliphatic rings. The second-order valence-electron chi connectivity index (χ2n) is 7.41. The van der Waals surface area contributed by atoms with Gasteiger partial charge in [-0.15, -0.1) is 0 Å². The Hall–Kier alpha value is -1.42. The molecule has 1 aromatic carbocycles. The van der Waals surface area contributed by atoms with Crippen molar-refractivity contribution in [1.29, 1.82) is 0 Å². The molecule has 1 aliphatic carbocycles. The van der Waals surface area contributed by atoms with Gasteiger partial charge in [0.1, 0.15) is 5.82 Å². The van der Waals surface area contributed by atoms with Gasteiger partial charge in [0.2, 0.25) is 5.91 Å². The lowest BCUT2D eigenvalue weighted by atomic mass is 10.0. The zero-order valence-electron chi connectivity index (χ0n) is 14.2. The second-order valence-corrected chi connectivity index (χ2v) is 7.41. The Balaban J connectivity index is 1.74. The van der Waals surface area contributed by atoms with Gasteiger partial charge in [0.05, 0.1) is 0 Å². The molecule has 1 heterocycles. The molecule has 4 heteroatoms. The maximum Gasteiger partial charge on any atom is 0.224 e. The highest BCUT2D eigenvalue weighted by Crippen LogP contribution is 2.31. The fraction of sp³-hybridized carbons (Fsp3) is 0.632. The van der Waals surface area contributed by atoms with Crippen molar-refractivity contribution in [3.05, 3.63) is 35.6 Å². The van der Waals surface area contributed by atoms with Crippen LogP contribution in [-0.2, 0) is 11.3 Å². The third-order valence-corrected chi connectivity index (χ3v) is 5.06. The summed E-state index contributed by atoms with van der Waals surface area (Å²) in [6, 6.07) is 6.75. The number of benzene rings is 1. The Bertz CT molecular complexity index is 539. The molecule has 0 radical (unpaired) electrons. The van der Waals surface area contributed by atoms with E-state index in [1.54, 1.807) is 12.1 Å². The Labute approximate surface area is 138 Å². The molecular weight excluding hydrogens is 291 g/mol. The maximum atomic E-state index is 13.1. The largest absolute Gasteiger partial charge is 0.334 e. The van der Waals surface area contributed by atoms with Crippen molar-refractivity contribution in [2.24, 2.45) is 11.8 Å². The van der Waals surface area contributed by atoms with Crippen LogP contribution in [0.3, 0.4) is 0 Å². The molecule has 23 heavy (non-hydrogen) atoms. The third-order valence-electron chi connectivity index (χ3n) is 5.06. The highest BCUT2D eigenvalue weighted by molar-refractivity contribution is 5.77. The molecule has 3 rings (SSSR count). The van der Waals surface area contributed by atoms with Crippen LogP contribution in [0.1, 0.15) is 38.7 Å². The number of hydrogen-bond donors (Lipinski definition) is 0. The Morgan fingerprint density at radius 3 is 2.52 bits per heavy atom. The maximum absolute atomic E-state index is 13.1. The summed E-state index contributed by atoms with van der Waals surface area (Å²) in [5.74, 6) is 1.26. The van der Waals surface area contributed by atoms with E-state index in [1.807, 2.05) is 4.90 Å². The highest BCUT2D eigenvalue weighted by atomic mass is 19.1. The van der Waals surface area contributed by atoms with Crippen LogP contribution in [0, 0.1) is 17.7 Å².